The van der Waals surface area contributed by atoms with Gasteiger partial charge in [-0.05, 0) is 55.6 Å². The van der Waals surface area contributed by atoms with Gasteiger partial charge in [-0.1, -0.05) is 188 Å². The lowest BCUT2D eigenvalue weighted by Crippen LogP contribution is -2.70. The van der Waals surface area contributed by atoms with Crippen LogP contribution in [0.3, 0.4) is 0 Å². The average molecular weight is 689 g/mol. The molecular weight excluding hydrogens is 645 g/mol. The monoisotopic (exact) mass is 688 g/mol. The molecule has 6 aromatic rings. The quantitative estimate of drug-likeness (QED) is 0.113. The molecule has 0 radical (unpaired) electrons. The van der Waals surface area contributed by atoms with Crippen LogP contribution in [-0.2, 0) is 13.9 Å². The van der Waals surface area contributed by atoms with Crippen LogP contribution in [0.2, 0.25) is 0 Å². The molecule has 1 unspecified atom stereocenters. The molecule has 0 spiro atoms. The molecule has 5 heteroatoms. The summed E-state index contributed by atoms with van der Waals surface area (Å²) in [5.74, 6) is 0. The Labute approximate surface area is 299 Å². The van der Waals surface area contributed by atoms with Crippen LogP contribution in [0.4, 0.5) is 0 Å². The SMILES string of the molecule is C(/CO[Si](c1ccccc1)(c1ccccc1)c1ccccc1)=C(/COC1CCCCO1)[Si](c1ccccc1)(c1ccccc1)c1ccccc1. The summed E-state index contributed by atoms with van der Waals surface area (Å²) < 4.78 is 20.4. The number of hydrogen-bond donors (Lipinski definition) is 0. The van der Waals surface area contributed by atoms with E-state index >= 15 is 0 Å². The van der Waals surface area contributed by atoms with Crippen molar-refractivity contribution in [3.63, 3.8) is 0 Å². The van der Waals surface area contributed by atoms with Crippen molar-refractivity contribution < 1.29 is 13.9 Å². The summed E-state index contributed by atoms with van der Waals surface area (Å²) in [6.45, 7) is 1.62. The molecule has 250 valence electrons. The van der Waals surface area contributed by atoms with Crippen LogP contribution in [0.5, 0.6) is 0 Å². The summed E-state index contributed by atoms with van der Waals surface area (Å²) in [6, 6.07) is 65.6. The van der Waals surface area contributed by atoms with E-state index in [0.29, 0.717) is 13.2 Å². The van der Waals surface area contributed by atoms with Gasteiger partial charge in [0.05, 0.1) is 13.2 Å². The summed E-state index contributed by atoms with van der Waals surface area (Å²) in [5, 5.41) is 8.86. The minimum absolute atomic E-state index is 0.214. The number of rotatable bonds is 13. The van der Waals surface area contributed by atoms with Crippen LogP contribution in [0.25, 0.3) is 0 Å². The van der Waals surface area contributed by atoms with Gasteiger partial charge in [-0.25, -0.2) is 0 Å². The van der Waals surface area contributed by atoms with Crippen molar-refractivity contribution in [3.8, 4) is 0 Å². The first-order valence-electron chi connectivity index (χ1n) is 17.7. The molecule has 1 heterocycles. The highest BCUT2D eigenvalue weighted by Gasteiger charge is 2.45. The Hall–Kier alpha value is -4.63. The molecule has 0 bridgehead atoms. The second kappa shape index (κ2) is 16.4. The van der Waals surface area contributed by atoms with Crippen molar-refractivity contribution in [1.29, 1.82) is 0 Å². The first-order valence-corrected chi connectivity index (χ1v) is 21.6. The van der Waals surface area contributed by atoms with Gasteiger partial charge in [0.1, 0.15) is 0 Å². The number of ether oxygens (including phenoxy) is 2. The fourth-order valence-corrected chi connectivity index (χ4v) is 16.2. The zero-order chi connectivity index (χ0) is 33.9. The molecule has 6 aromatic carbocycles. The van der Waals surface area contributed by atoms with Crippen molar-refractivity contribution in [2.75, 3.05) is 19.8 Å². The van der Waals surface area contributed by atoms with Gasteiger partial charge in [0.25, 0.3) is 8.32 Å². The van der Waals surface area contributed by atoms with Gasteiger partial charge in [-0.15, -0.1) is 0 Å². The van der Waals surface area contributed by atoms with Gasteiger partial charge in [-0.2, -0.15) is 0 Å². The van der Waals surface area contributed by atoms with E-state index in [9.17, 15) is 0 Å². The Bertz CT molecular complexity index is 1720. The number of hydrogen-bond acceptors (Lipinski definition) is 3. The molecule has 0 amide bonds. The predicted octanol–water partition coefficient (Wildman–Crippen LogP) is 5.85. The largest absolute Gasteiger partial charge is 0.400 e. The smallest absolute Gasteiger partial charge is 0.288 e. The summed E-state index contributed by atoms with van der Waals surface area (Å²) in [4.78, 5) is 0. The van der Waals surface area contributed by atoms with Crippen LogP contribution in [-0.4, -0.2) is 42.5 Å². The zero-order valence-electron chi connectivity index (χ0n) is 28.4. The minimum Gasteiger partial charge on any atom is -0.400 e. The molecule has 1 fully saturated rings. The second-order valence-electron chi connectivity index (χ2n) is 12.8. The van der Waals surface area contributed by atoms with Crippen molar-refractivity contribution >= 4 is 47.5 Å². The lowest BCUT2D eigenvalue weighted by molar-refractivity contribution is -0.156. The molecule has 3 nitrogen and oxygen atoms in total. The third-order valence-electron chi connectivity index (χ3n) is 9.84. The maximum absolute atomic E-state index is 7.51. The molecule has 1 atom stereocenters. The Balaban J connectivity index is 1.41. The Morgan fingerprint density at radius 3 is 1.26 bits per heavy atom. The van der Waals surface area contributed by atoms with Gasteiger partial charge in [-0.3, -0.25) is 0 Å². The van der Waals surface area contributed by atoms with E-state index < -0.39 is 16.4 Å². The maximum Gasteiger partial charge on any atom is 0.288 e. The van der Waals surface area contributed by atoms with Gasteiger partial charge in [0.15, 0.2) is 14.4 Å². The zero-order valence-corrected chi connectivity index (χ0v) is 30.4. The lowest BCUT2D eigenvalue weighted by Gasteiger charge is -2.38. The van der Waals surface area contributed by atoms with E-state index in [-0.39, 0.29) is 6.29 Å². The minimum atomic E-state index is -2.94. The second-order valence-corrected chi connectivity index (χ2v) is 20.0. The first-order chi connectivity index (χ1) is 24.8. The molecule has 50 heavy (non-hydrogen) atoms. The fraction of sp³-hybridized carbons (Fsp3) is 0.156. The Kier molecular flexibility index (Phi) is 11.1. The van der Waals surface area contributed by atoms with Gasteiger partial charge < -0.3 is 13.9 Å². The van der Waals surface area contributed by atoms with E-state index in [2.05, 4.69) is 188 Å². The van der Waals surface area contributed by atoms with Crippen LogP contribution >= 0.6 is 0 Å². The summed E-state index contributed by atoms with van der Waals surface area (Å²) in [5.41, 5.74) is 0. The summed E-state index contributed by atoms with van der Waals surface area (Å²) in [7, 11) is -5.79. The van der Waals surface area contributed by atoms with Crippen LogP contribution in [0.15, 0.2) is 193 Å². The summed E-state index contributed by atoms with van der Waals surface area (Å²) in [6.07, 6.45) is 5.25. The van der Waals surface area contributed by atoms with E-state index in [1.165, 1.54) is 36.3 Å². The van der Waals surface area contributed by atoms with Gasteiger partial charge in [0, 0.05) is 6.61 Å². The van der Waals surface area contributed by atoms with Crippen molar-refractivity contribution in [3.05, 3.63) is 193 Å². The van der Waals surface area contributed by atoms with Crippen molar-refractivity contribution in [1.82, 2.24) is 0 Å². The molecule has 1 saturated heterocycles. The van der Waals surface area contributed by atoms with Crippen LogP contribution < -0.4 is 31.1 Å². The van der Waals surface area contributed by atoms with Gasteiger partial charge >= 0.3 is 0 Å². The van der Waals surface area contributed by atoms with E-state index in [1.54, 1.807) is 0 Å². The Morgan fingerprint density at radius 1 is 0.520 bits per heavy atom. The predicted molar refractivity (Wildman–Crippen MR) is 212 cm³/mol. The molecule has 0 aromatic heterocycles. The Morgan fingerprint density at radius 2 is 0.900 bits per heavy atom. The average Bonchev–Trinajstić information content (AvgIpc) is 3.21. The van der Waals surface area contributed by atoms with E-state index in [4.69, 9.17) is 13.9 Å². The van der Waals surface area contributed by atoms with Crippen molar-refractivity contribution in [2.45, 2.75) is 25.6 Å². The molecule has 0 aliphatic carbocycles. The fourth-order valence-electron chi connectivity index (χ4n) is 7.50. The number of benzene rings is 6. The van der Waals surface area contributed by atoms with Gasteiger partial charge in [0.2, 0.25) is 0 Å². The van der Waals surface area contributed by atoms with E-state index in [1.807, 2.05) is 0 Å². The van der Waals surface area contributed by atoms with Crippen molar-refractivity contribution in [2.24, 2.45) is 0 Å². The highest BCUT2D eigenvalue weighted by atomic mass is 28.4. The molecular formula is C45H44O3Si2. The first kappa shape index (κ1) is 33.9. The molecule has 7 rings (SSSR count). The molecule has 0 saturated carbocycles. The standard InChI is InChI=1S/C45H44O3Si2/c1-7-21-38(22-8-1)49(39-23-9-2-10-24-39,40-25-11-3-12-26-40)44(37-47-45-33-19-20-35-46-45)34-36-48-50(41-27-13-4-14-28-41,42-29-15-5-16-30-42)43-31-17-6-18-32-43/h1-18,21-32,34,45H,19-20,33,35-37H2/b44-34+. The summed E-state index contributed by atoms with van der Waals surface area (Å²) >= 11 is 0. The third-order valence-corrected chi connectivity index (χ3v) is 18.8. The topological polar surface area (TPSA) is 27.7 Å². The lowest BCUT2D eigenvalue weighted by atomic mass is 10.2. The molecule has 1 aliphatic rings. The van der Waals surface area contributed by atoms with E-state index in [0.717, 1.165) is 25.9 Å². The normalized spacial score (nSPS) is 15.4. The maximum atomic E-state index is 7.51. The van der Waals surface area contributed by atoms with Crippen LogP contribution in [0.1, 0.15) is 19.3 Å². The highest BCUT2D eigenvalue weighted by Crippen LogP contribution is 2.22. The molecule has 0 N–H and O–H groups in total. The highest BCUT2D eigenvalue weighted by molar-refractivity contribution is 7.16. The third kappa shape index (κ3) is 7.01. The van der Waals surface area contributed by atoms with Crippen LogP contribution in [0, 0.1) is 0 Å². The molecule has 1 aliphatic heterocycles.